The number of rotatable bonds is 2. The number of carbonyl (C=O) groups is 1. The summed E-state index contributed by atoms with van der Waals surface area (Å²) in [5.41, 5.74) is -1.43. The fourth-order valence-corrected chi connectivity index (χ4v) is 1.21. The molecular formula is C8H12O4. The maximum absolute atomic E-state index is 10.7. The van der Waals surface area contributed by atoms with Crippen LogP contribution in [-0.4, -0.2) is 39.4 Å². The zero-order valence-electron chi connectivity index (χ0n) is 6.60. The lowest BCUT2D eigenvalue weighted by molar-refractivity contribution is -0.123. The second-order valence-corrected chi connectivity index (χ2v) is 2.98. The Morgan fingerprint density at radius 3 is 2.83 bits per heavy atom. The third-order valence-corrected chi connectivity index (χ3v) is 2.04. The molecule has 4 nitrogen and oxygen atoms in total. The second-order valence-electron chi connectivity index (χ2n) is 2.98. The summed E-state index contributed by atoms with van der Waals surface area (Å²) < 4.78 is 0. The van der Waals surface area contributed by atoms with Crippen LogP contribution in [0.5, 0.6) is 0 Å². The van der Waals surface area contributed by atoms with Gasteiger partial charge in [-0.3, -0.25) is 4.79 Å². The Hall–Kier alpha value is -0.710. The highest BCUT2D eigenvalue weighted by Crippen LogP contribution is 2.23. The number of allylic oxidation sites excluding steroid dienone is 1. The predicted molar refractivity (Wildman–Crippen MR) is 41.4 cm³/mol. The molecule has 0 aliphatic heterocycles. The molecule has 1 rings (SSSR count). The molecular weight excluding hydrogens is 160 g/mol. The largest absolute Gasteiger partial charge is 0.396 e. The van der Waals surface area contributed by atoms with Crippen molar-refractivity contribution in [2.75, 3.05) is 6.61 Å². The molecule has 0 heterocycles. The molecule has 0 saturated carbocycles. The lowest BCUT2D eigenvalue weighted by Crippen LogP contribution is -2.44. The fraction of sp³-hybridized carbons (Fsp3) is 0.625. The van der Waals surface area contributed by atoms with E-state index < -0.39 is 11.7 Å². The molecule has 0 amide bonds. The molecule has 2 atom stereocenters. The Balaban J connectivity index is 2.76. The van der Waals surface area contributed by atoms with Crippen molar-refractivity contribution in [3.05, 3.63) is 12.2 Å². The fourth-order valence-electron chi connectivity index (χ4n) is 1.21. The average molecular weight is 172 g/mol. The van der Waals surface area contributed by atoms with Gasteiger partial charge >= 0.3 is 0 Å². The number of carbonyl (C=O) groups excluding carboxylic acids is 1. The molecule has 4 heteroatoms. The lowest BCUT2D eigenvalue weighted by atomic mass is 9.85. The van der Waals surface area contributed by atoms with Crippen molar-refractivity contribution in [2.24, 2.45) is 0 Å². The van der Waals surface area contributed by atoms with E-state index in [2.05, 4.69) is 0 Å². The van der Waals surface area contributed by atoms with Crippen LogP contribution in [0.25, 0.3) is 0 Å². The molecule has 0 aromatic rings. The zero-order chi connectivity index (χ0) is 9.19. The van der Waals surface area contributed by atoms with E-state index in [0.717, 1.165) is 0 Å². The molecule has 0 fully saturated rings. The van der Waals surface area contributed by atoms with Crippen LogP contribution in [0.4, 0.5) is 0 Å². The van der Waals surface area contributed by atoms with E-state index in [0.29, 0.717) is 0 Å². The topological polar surface area (TPSA) is 77.8 Å². The third-order valence-electron chi connectivity index (χ3n) is 2.04. The minimum Gasteiger partial charge on any atom is -0.396 e. The summed E-state index contributed by atoms with van der Waals surface area (Å²) in [7, 11) is 0. The first-order valence-corrected chi connectivity index (χ1v) is 3.82. The standard InChI is InChI=1S/C8H12O4/c9-4-3-8(12)2-1-6(10)5-7(8)11/h1-2,7,9,11-12H,3-5H2. The van der Waals surface area contributed by atoms with Gasteiger partial charge in [0, 0.05) is 19.4 Å². The molecule has 3 N–H and O–H groups in total. The maximum atomic E-state index is 10.7. The minimum atomic E-state index is -1.43. The molecule has 0 aromatic heterocycles. The monoisotopic (exact) mass is 172 g/mol. The summed E-state index contributed by atoms with van der Waals surface area (Å²) in [5.74, 6) is -0.204. The van der Waals surface area contributed by atoms with Crippen LogP contribution < -0.4 is 0 Å². The van der Waals surface area contributed by atoms with E-state index in [1.165, 1.54) is 12.2 Å². The normalized spacial score (nSPS) is 35.6. The van der Waals surface area contributed by atoms with Crippen LogP contribution in [0.1, 0.15) is 12.8 Å². The van der Waals surface area contributed by atoms with E-state index in [1.54, 1.807) is 0 Å². The van der Waals surface area contributed by atoms with E-state index >= 15 is 0 Å². The number of ketones is 1. The Morgan fingerprint density at radius 1 is 1.67 bits per heavy atom. The van der Waals surface area contributed by atoms with Gasteiger partial charge in [0.2, 0.25) is 0 Å². The zero-order valence-corrected chi connectivity index (χ0v) is 6.60. The van der Waals surface area contributed by atoms with Crippen LogP contribution >= 0.6 is 0 Å². The molecule has 1 aliphatic rings. The number of hydrogen-bond donors (Lipinski definition) is 3. The van der Waals surface area contributed by atoms with Gasteiger partial charge in [0.25, 0.3) is 0 Å². The van der Waals surface area contributed by atoms with Gasteiger partial charge in [-0.1, -0.05) is 0 Å². The summed E-state index contributed by atoms with van der Waals surface area (Å²) >= 11 is 0. The van der Waals surface area contributed by atoms with Gasteiger partial charge in [0.15, 0.2) is 5.78 Å². The van der Waals surface area contributed by atoms with Gasteiger partial charge in [-0.15, -0.1) is 0 Å². The van der Waals surface area contributed by atoms with Gasteiger partial charge in [-0.25, -0.2) is 0 Å². The Kier molecular flexibility index (Phi) is 2.62. The molecule has 0 bridgehead atoms. The number of aliphatic hydroxyl groups excluding tert-OH is 2. The molecule has 12 heavy (non-hydrogen) atoms. The Morgan fingerprint density at radius 2 is 2.33 bits per heavy atom. The summed E-state index contributed by atoms with van der Waals surface area (Å²) in [4.78, 5) is 10.7. The van der Waals surface area contributed by atoms with Gasteiger partial charge in [0.1, 0.15) is 5.60 Å². The molecule has 0 radical (unpaired) electrons. The summed E-state index contributed by atoms with van der Waals surface area (Å²) in [6, 6.07) is 0. The van der Waals surface area contributed by atoms with E-state index in [4.69, 9.17) is 5.11 Å². The lowest BCUT2D eigenvalue weighted by Gasteiger charge is -2.31. The third kappa shape index (κ3) is 1.72. The highest BCUT2D eigenvalue weighted by Gasteiger charge is 2.36. The average Bonchev–Trinajstić information content (AvgIpc) is 1.99. The van der Waals surface area contributed by atoms with Crippen LogP contribution in [0, 0.1) is 0 Å². The predicted octanol–water partition coefficient (Wildman–Crippen LogP) is -1.01. The van der Waals surface area contributed by atoms with Gasteiger partial charge in [-0.2, -0.15) is 0 Å². The second kappa shape index (κ2) is 3.35. The van der Waals surface area contributed by atoms with Crippen molar-refractivity contribution < 1.29 is 20.1 Å². The van der Waals surface area contributed by atoms with Crippen LogP contribution in [-0.2, 0) is 4.79 Å². The number of aliphatic hydroxyl groups is 3. The first-order chi connectivity index (χ1) is 5.58. The minimum absolute atomic E-state index is 0.0535. The smallest absolute Gasteiger partial charge is 0.158 e. The van der Waals surface area contributed by atoms with Gasteiger partial charge in [-0.05, 0) is 12.2 Å². The first-order valence-electron chi connectivity index (χ1n) is 3.82. The first kappa shape index (κ1) is 9.38. The van der Waals surface area contributed by atoms with E-state index in [-0.39, 0.29) is 25.2 Å². The van der Waals surface area contributed by atoms with Crippen molar-refractivity contribution in [2.45, 2.75) is 24.5 Å². The highest BCUT2D eigenvalue weighted by atomic mass is 16.3. The number of hydrogen-bond acceptors (Lipinski definition) is 4. The van der Waals surface area contributed by atoms with Crippen LogP contribution in [0.2, 0.25) is 0 Å². The van der Waals surface area contributed by atoms with Crippen molar-refractivity contribution in [1.82, 2.24) is 0 Å². The van der Waals surface area contributed by atoms with Gasteiger partial charge < -0.3 is 15.3 Å². The Labute approximate surface area is 70.1 Å². The SMILES string of the molecule is O=C1C=CC(O)(CCO)C(O)C1. The highest BCUT2D eigenvalue weighted by molar-refractivity contribution is 5.91. The molecule has 0 saturated heterocycles. The summed E-state index contributed by atoms with van der Waals surface area (Å²) in [5, 5.41) is 27.5. The van der Waals surface area contributed by atoms with E-state index in [9.17, 15) is 15.0 Å². The Bertz CT molecular complexity index is 211. The quantitative estimate of drug-likeness (QED) is 0.498. The van der Waals surface area contributed by atoms with Gasteiger partial charge in [0.05, 0.1) is 6.10 Å². The molecule has 0 spiro atoms. The molecule has 68 valence electrons. The van der Waals surface area contributed by atoms with Crippen LogP contribution in [0.3, 0.4) is 0 Å². The van der Waals surface area contributed by atoms with Crippen molar-refractivity contribution >= 4 is 5.78 Å². The van der Waals surface area contributed by atoms with Crippen molar-refractivity contribution in [1.29, 1.82) is 0 Å². The maximum Gasteiger partial charge on any atom is 0.158 e. The van der Waals surface area contributed by atoms with Crippen molar-refractivity contribution in [3.63, 3.8) is 0 Å². The summed E-state index contributed by atoms with van der Waals surface area (Å²) in [6.45, 7) is -0.216. The van der Waals surface area contributed by atoms with Crippen LogP contribution in [0.15, 0.2) is 12.2 Å². The molecule has 1 aliphatic carbocycles. The molecule has 2 unspecified atom stereocenters. The van der Waals surface area contributed by atoms with E-state index in [1.807, 2.05) is 0 Å². The van der Waals surface area contributed by atoms with Crippen molar-refractivity contribution in [3.8, 4) is 0 Å². The molecule has 0 aromatic carbocycles. The summed E-state index contributed by atoms with van der Waals surface area (Å²) in [6.07, 6.45) is 1.37.